The van der Waals surface area contributed by atoms with Gasteiger partial charge in [0.05, 0.1) is 19.8 Å². The lowest BCUT2D eigenvalue weighted by Gasteiger charge is -2.48. The van der Waals surface area contributed by atoms with E-state index in [0.717, 1.165) is 21.5 Å². The van der Waals surface area contributed by atoms with E-state index >= 15 is 0 Å². The number of hydrogen-bond acceptors (Lipinski definition) is 8. The first-order valence-electron chi connectivity index (χ1n) is 17.0. The van der Waals surface area contributed by atoms with Gasteiger partial charge in [-0.2, -0.15) is 0 Å². The Kier molecular flexibility index (Phi) is 13.6. The van der Waals surface area contributed by atoms with Crippen LogP contribution in [0.3, 0.4) is 0 Å². The molecule has 5 atom stereocenters. The standard InChI is InChI=1S/C40H44Cl3NO7Si/c1-28(45)49-36-35(47-26-30-19-11-6-12-20-30)34(46-25-29-17-9-5-10-18-29)33(50-37(36)51-38(44)40(41,42)43)27-48-52(39(2,3)4,31-21-13-7-14-22-31)32-23-15-8-16-24-32/h5-24,33-37,44H,25-27H2,1-4H3/t33-,34-,35+,36+,37-/m1/s1. The summed E-state index contributed by atoms with van der Waals surface area (Å²) in [6.07, 6.45) is -5.34. The Morgan fingerprint density at radius 3 is 1.56 bits per heavy atom. The van der Waals surface area contributed by atoms with E-state index in [1.165, 1.54) is 6.92 Å². The first-order valence-corrected chi connectivity index (χ1v) is 20.0. The van der Waals surface area contributed by atoms with E-state index < -0.39 is 54.7 Å². The van der Waals surface area contributed by atoms with E-state index in [2.05, 4.69) is 45.0 Å². The van der Waals surface area contributed by atoms with Crippen LogP contribution < -0.4 is 10.4 Å². The van der Waals surface area contributed by atoms with Crippen LogP contribution in [0.25, 0.3) is 0 Å². The molecule has 5 rings (SSSR count). The maximum absolute atomic E-state index is 12.6. The second-order valence-electron chi connectivity index (χ2n) is 13.6. The van der Waals surface area contributed by atoms with Crippen molar-refractivity contribution < 1.29 is 32.9 Å². The van der Waals surface area contributed by atoms with Gasteiger partial charge in [0, 0.05) is 6.92 Å². The van der Waals surface area contributed by atoms with Crippen LogP contribution in [0.4, 0.5) is 0 Å². The van der Waals surface area contributed by atoms with Gasteiger partial charge in [0.2, 0.25) is 12.2 Å². The molecule has 0 radical (unpaired) electrons. The fourth-order valence-corrected chi connectivity index (χ4v) is 11.2. The molecule has 1 aliphatic rings. The predicted octanol–water partition coefficient (Wildman–Crippen LogP) is 7.75. The van der Waals surface area contributed by atoms with E-state index in [1.54, 1.807) is 0 Å². The molecular formula is C40H44Cl3NO7Si. The average molecular weight is 785 g/mol. The quantitative estimate of drug-likeness (QED) is 0.0487. The zero-order valence-corrected chi connectivity index (χ0v) is 32.8. The van der Waals surface area contributed by atoms with Crippen molar-refractivity contribution in [2.45, 2.75) is 80.4 Å². The summed E-state index contributed by atoms with van der Waals surface area (Å²) >= 11 is 18.2. The molecule has 0 amide bonds. The van der Waals surface area contributed by atoms with E-state index in [0.29, 0.717) is 0 Å². The van der Waals surface area contributed by atoms with Gasteiger partial charge >= 0.3 is 5.97 Å². The number of rotatable bonds is 13. The summed E-state index contributed by atoms with van der Waals surface area (Å²) in [5.41, 5.74) is 1.79. The first-order chi connectivity index (χ1) is 24.8. The molecule has 1 N–H and O–H groups in total. The number of carbonyl (C=O) groups excluding carboxylic acids is 1. The van der Waals surface area contributed by atoms with Gasteiger partial charge in [0.25, 0.3) is 12.1 Å². The molecule has 12 heteroatoms. The highest BCUT2D eigenvalue weighted by molar-refractivity contribution is 6.99. The Morgan fingerprint density at radius 2 is 1.13 bits per heavy atom. The average Bonchev–Trinajstić information content (AvgIpc) is 3.12. The molecule has 0 saturated carbocycles. The van der Waals surface area contributed by atoms with Gasteiger partial charge < -0.3 is 28.1 Å². The summed E-state index contributed by atoms with van der Waals surface area (Å²) in [5.74, 6) is -1.34. The topological polar surface area (TPSA) is 96.3 Å². The molecular weight excluding hydrogens is 741 g/mol. The number of esters is 1. The SMILES string of the molecule is CC(=O)O[C@@H]1[C@@H](OC(=N)C(Cl)(Cl)Cl)O[C@H](CO[Si](c2ccccc2)(c2ccccc2)C(C)(C)C)[C@@H](OCc2ccccc2)[C@@H]1OCc1ccccc1. The largest absolute Gasteiger partial charge is 0.453 e. The van der Waals surface area contributed by atoms with Crippen molar-refractivity contribution in [3.63, 3.8) is 0 Å². The Morgan fingerprint density at radius 1 is 0.692 bits per heavy atom. The van der Waals surface area contributed by atoms with E-state index in [4.69, 9.17) is 68.3 Å². The third kappa shape index (κ3) is 9.83. The first kappa shape index (κ1) is 39.9. The molecule has 1 fully saturated rings. The molecule has 0 aromatic heterocycles. The van der Waals surface area contributed by atoms with Crippen LogP contribution in [0.2, 0.25) is 5.04 Å². The molecule has 0 spiro atoms. The summed E-state index contributed by atoms with van der Waals surface area (Å²) in [4.78, 5) is 12.6. The molecule has 4 aromatic carbocycles. The third-order valence-electron chi connectivity index (χ3n) is 8.84. The van der Waals surface area contributed by atoms with Crippen LogP contribution >= 0.6 is 34.8 Å². The fourth-order valence-electron chi connectivity index (χ4n) is 6.50. The van der Waals surface area contributed by atoms with Gasteiger partial charge in [-0.1, -0.05) is 177 Å². The predicted molar refractivity (Wildman–Crippen MR) is 207 cm³/mol. The van der Waals surface area contributed by atoms with Crippen molar-refractivity contribution in [1.82, 2.24) is 0 Å². The van der Waals surface area contributed by atoms with Crippen LogP contribution in [0.1, 0.15) is 38.8 Å². The minimum absolute atomic E-state index is 0.0195. The van der Waals surface area contributed by atoms with Gasteiger partial charge in [0.1, 0.15) is 18.3 Å². The van der Waals surface area contributed by atoms with E-state index in [9.17, 15) is 4.79 Å². The highest BCUT2D eigenvalue weighted by Gasteiger charge is 2.55. The Hall–Kier alpha value is -3.25. The molecule has 1 saturated heterocycles. The zero-order chi connectivity index (χ0) is 37.4. The van der Waals surface area contributed by atoms with Crippen molar-refractivity contribution >= 4 is 65.4 Å². The van der Waals surface area contributed by atoms with E-state index in [-0.39, 0.29) is 24.9 Å². The molecule has 0 aliphatic carbocycles. The summed E-state index contributed by atoms with van der Waals surface area (Å²) < 4.78 is 36.7. The number of carbonyl (C=O) groups is 1. The minimum atomic E-state index is -3.08. The van der Waals surface area contributed by atoms with Gasteiger partial charge in [-0.15, -0.1) is 0 Å². The summed E-state index contributed by atoms with van der Waals surface area (Å²) in [7, 11) is -3.08. The molecule has 0 unspecified atom stereocenters. The van der Waals surface area contributed by atoms with Gasteiger partial charge in [0.15, 0.2) is 6.10 Å². The van der Waals surface area contributed by atoms with Crippen molar-refractivity contribution in [3.05, 3.63) is 132 Å². The number of alkyl halides is 3. The van der Waals surface area contributed by atoms with Crippen LogP contribution in [0.5, 0.6) is 0 Å². The van der Waals surface area contributed by atoms with Crippen molar-refractivity contribution in [1.29, 1.82) is 5.41 Å². The number of benzene rings is 4. The zero-order valence-electron chi connectivity index (χ0n) is 29.5. The highest BCUT2D eigenvalue weighted by atomic mass is 35.6. The van der Waals surface area contributed by atoms with Crippen LogP contribution in [0.15, 0.2) is 121 Å². The monoisotopic (exact) mass is 783 g/mol. The van der Waals surface area contributed by atoms with Crippen LogP contribution in [0, 0.1) is 5.41 Å². The number of halogens is 3. The van der Waals surface area contributed by atoms with Gasteiger partial charge in [-0.25, -0.2) is 0 Å². The molecule has 0 bridgehead atoms. The second kappa shape index (κ2) is 17.7. The van der Waals surface area contributed by atoms with Gasteiger partial charge in [-0.05, 0) is 26.5 Å². The van der Waals surface area contributed by atoms with Gasteiger partial charge in [-0.3, -0.25) is 10.2 Å². The third-order valence-corrected chi connectivity index (χ3v) is 14.4. The summed E-state index contributed by atoms with van der Waals surface area (Å²) in [5, 5.41) is 10.2. The lowest BCUT2D eigenvalue weighted by Crippen LogP contribution is -2.68. The minimum Gasteiger partial charge on any atom is -0.453 e. The maximum atomic E-state index is 12.6. The summed E-state index contributed by atoms with van der Waals surface area (Å²) in [6.45, 7) is 8.17. The fraction of sp³-hybridized carbons (Fsp3) is 0.350. The van der Waals surface area contributed by atoms with Crippen LogP contribution in [-0.4, -0.2) is 61.3 Å². The normalized spacial score (nSPS) is 20.9. The number of ether oxygens (including phenoxy) is 5. The molecule has 8 nitrogen and oxygen atoms in total. The lowest BCUT2D eigenvalue weighted by molar-refractivity contribution is -0.303. The van der Waals surface area contributed by atoms with Crippen molar-refractivity contribution in [2.75, 3.05) is 6.61 Å². The Balaban J connectivity index is 1.60. The smallest absolute Gasteiger partial charge is 0.303 e. The van der Waals surface area contributed by atoms with E-state index in [1.807, 2.05) is 97.1 Å². The lowest BCUT2D eigenvalue weighted by atomic mass is 9.98. The molecule has 1 aliphatic heterocycles. The Bertz CT molecular complexity index is 1690. The number of nitrogens with one attached hydrogen (secondary N) is 1. The second-order valence-corrected chi connectivity index (χ2v) is 20.1. The van der Waals surface area contributed by atoms with Crippen LogP contribution in [-0.2, 0) is 46.1 Å². The molecule has 4 aromatic rings. The molecule has 52 heavy (non-hydrogen) atoms. The highest BCUT2D eigenvalue weighted by Crippen LogP contribution is 2.39. The number of hydrogen-bond donors (Lipinski definition) is 1. The Labute approximate surface area is 321 Å². The molecule has 1 heterocycles. The maximum Gasteiger partial charge on any atom is 0.303 e. The summed E-state index contributed by atoms with van der Waals surface area (Å²) in [6, 6.07) is 39.7. The van der Waals surface area contributed by atoms with Crippen molar-refractivity contribution in [2.24, 2.45) is 0 Å². The molecule has 276 valence electrons. The van der Waals surface area contributed by atoms with Crippen molar-refractivity contribution in [3.8, 4) is 0 Å².